The van der Waals surface area contributed by atoms with Gasteiger partial charge in [0.25, 0.3) is 5.91 Å². The monoisotopic (exact) mass is 571 g/mol. The van der Waals surface area contributed by atoms with Crippen molar-refractivity contribution in [3.05, 3.63) is 77.6 Å². The molecule has 3 aromatic rings. The summed E-state index contributed by atoms with van der Waals surface area (Å²) in [5.41, 5.74) is 1.34. The van der Waals surface area contributed by atoms with Gasteiger partial charge in [0, 0.05) is 45.0 Å². The molecule has 0 aliphatic carbocycles. The zero-order valence-corrected chi connectivity index (χ0v) is 23.6. The molecule has 220 valence electrons. The van der Waals surface area contributed by atoms with Crippen molar-refractivity contribution in [1.29, 1.82) is 0 Å². The fraction of sp³-hybridized carbons (Fsp3) is 0.433. The fourth-order valence-corrected chi connectivity index (χ4v) is 4.98. The first-order chi connectivity index (χ1) is 19.5. The summed E-state index contributed by atoms with van der Waals surface area (Å²) in [6, 6.07) is 15.9. The minimum absolute atomic E-state index is 0.144. The minimum Gasteiger partial charge on any atom is -0.484 e. The fourth-order valence-electron chi connectivity index (χ4n) is 4.98. The zero-order chi connectivity index (χ0) is 29.6. The molecule has 1 aromatic heterocycles. The highest BCUT2D eigenvalue weighted by Crippen LogP contribution is 2.29. The SMILES string of the molecule is Cc1cccc2c1N(C(=O)COc1ccccc1)CCCN(C(C)C)CCN(C(=O)Cn1ccc(C(F)(F)F)n1)C2. The third-order valence-electron chi connectivity index (χ3n) is 7.15. The van der Waals surface area contributed by atoms with E-state index in [1.165, 1.54) is 6.20 Å². The molecule has 0 atom stereocenters. The van der Waals surface area contributed by atoms with Crippen LogP contribution in [-0.4, -0.2) is 70.2 Å². The van der Waals surface area contributed by atoms with Gasteiger partial charge < -0.3 is 14.5 Å². The van der Waals surface area contributed by atoms with Gasteiger partial charge in [0.1, 0.15) is 12.3 Å². The molecule has 0 radical (unpaired) electrons. The van der Waals surface area contributed by atoms with E-state index >= 15 is 0 Å². The lowest BCUT2D eigenvalue weighted by atomic mass is 10.1. The van der Waals surface area contributed by atoms with Crippen molar-refractivity contribution in [3.63, 3.8) is 0 Å². The number of aryl methyl sites for hydroxylation is 1. The van der Waals surface area contributed by atoms with Crippen LogP contribution in [-0.2, 0) is 28.9 Å². The minimum atomic E-state index is -4.59. The van der Waals surface area contributed by atoms with Gasteiger partial charge in [-0.2, -0.15) is 18.3 Å². The number of anilines is 1. The molecule has 8 nitrogen and oxygen atoms in total. The van der Waals surface area contributed by atoms with Crippen LogP contribution in [0.4, 0.5) is 18.9 Å². The van der Waals surface area contributed by atoms with Crippen molar-refractivity contribution < 1.29 is 27.5 Å². The van der Waals surface area contributed by atoms with Crippen molar-refractivity contribution in [2.45, 2.75) is 52.5 Å². The van der Waals surface area contributed by atoms with Gasteiger partial charge in [-0.3, -0.25) is 19.2 Å². The summed E-state index contributed by atoms with van der Waals surface area (Å²) in [4.78, 5) is 32.7. The Morgan fingerprint density at radius 1 is 0.951 bits per heavy atom. The lowest BCUT2D eigenvalue weighted by Crippen LogP contribution is -2.42. The summed E-state index contributed by atoms with van der Waals surface area (Å²) < 4.78 is 46.0. The Balaban J connectivity index is 1.63. The highest BCUT2D eigenvalue weighted by atomic mass is 19.4. The van der Waals surface area contributed by atoms with E-state index in [0.717, 1.165) is 27.6 Å². The van der Waals surface area contributed by atoms with Crippen molar-refractivity contribution in [2.75, 3.05) is 37.7 Å². The number of carbonyl (C=O) groups excluding carboxylic acids is 2. The molecule has 0 fully saturated rings. The first-order valence-corrected chi connectivity index (χ1v) is 13.7. The van der Waals surface area contributed by atoms with Gasteiger partial charge >= 0.3 is 6.18 Å². The average molecular weight is 572 g/mol. The number of benzene rings is 2. The van der Waals surface area contributed by atoms with E-state index in [1.807, 2.05) is 43.3 Å². The van der Waals surface area contributed by atoms with Gasteiger partial charge in [-0.05, 0) is 56.5 Å². The number of fused-ring (bicyclic) bond motifs is 1. The van der Waals surface area contributed by atoms with Crippen molar-refractivity contribution in [1.82, 2.24) is 19.6 Å². The summed E-state index contributed by atoms with van der Waals surface area (Å²) in [5, 5.41) is 3.56. The van der Waals surface area contributed by atoms with Gasteiger partial charge in [0.15, 0.2) is 12.3 Å². The standard InChI is InChI=1S/C30H36F3N5O3/c1-22(2)35-14-8-15-38(28(40)21-41-25-11-5-4-6-12-25)29-23(3)9-7-10-24(29)19-36(18-17-35)27(39)20-37-16-13-26(34-37)30(31,32)33/h4-7,9-13,16,22H,8,14-15,17-21H2,1-3H3. The average Bonchev–Trinajstić information content (AvgIpc) is 3.39. The lowest BCUT2D eigenvalue weighted by Gasteiger charge is -2.30. The number of ether oxygens (including phenoxy) is 1. The lowest BCUT2D eigenvalue weighted by molar-refractivity contribution is -0.142. The smallest absolute Gasteiger partial charge is 0.435 e. The van der Waals surface area contributed by atoms with Crippen molar-refractivity contribution >= 4 is 17.5 Å². The maximum absolute atomic E-state index is 13.6. The Kier molecular flexibility index (Phi) is 9.69. The van der Waals surface area contributed by atoms with Gasteiger partial charge in [-0.25, -0.2) is 0 Å². The van der Waals surface area contributed by atoms with E-state index in [4.69, 9.17) is 4.74 Å². The van der Waals surface area contributed by atoms with Crippen LogP contribution >= 0.6 is 0 Å². The Bertz CT molecular complexity index is 1330. The highest BCUT2D eigenvalue weighted by Gasteiger charge is 2.34. The number of amides is 2. The van der Waals surface area contributed by atoms with Crippen LogP contribution in [0.2, 0.25) is 0 Å². The molecule has 0 bridgehead atoms. The van der Waals surface area contributed by atoms with Crippen LogP contribution in [0.3, 0.4) is 0 Å². The molecule has 41 heavy (non-hydrogen) atoms. The normalized spacial score (nSPS) is 15.4. The van der Waals surface area contributed by atoms with Crippen LogP contribution in [0, 0.1) is 6.92 Å². The molecule has 0 unspecified atom stereocenters. The number of carbonyl (C=O) groups is 2. The number of alkyl halides is 3. The predicted molar refractivity (Wildman–Crippen MR) is 149 cm³/mol. The molecule has 0 saturated heterocycles. The topological polar surface area (TPSA) is 70.9 Å². The number of hydrogen-bond acceptors (Lipinski definition) is 5. The molecular formula is C30H36F3N5O3. The molecule has 0 saturated carbocycles. The van der Waals surface area contributed by atoms with Crippen LogP contribution < -0.4 is 9.64 Å². The number of rotatable bonds is 6. The second kappa shape index (κ2) is 13.2. The van der Waals surface area contributed by atoms with E-state index in [-0.39, 0.29) is 37.6 Å². The quantitative estimate of drug-likeness (QED) is 0.427. The van der Waals surface area contributed by atoms with E-state index in [9.17, 15) is 22.8 Å². The Labute approximate surface area is 238 Å². The van der Waals surface area contributed by atoms with E-state index in [1.54, 1.807) is 21.9 Å². The highest BCUT2D eigenvalue weighted by molar-refractivity contribution is 5.96. The predicted octanol–water partition coefficient (Wildman–Crippen LogP) is 4.77. The van der Waals surface area contributed by atoms with Crippen LogP contribution in [0.25, 0.3) is 0 Å². The molecule has 2 aromatic carbocycles. The third kappa shape index (κ3) is 7.87. The molecule has 1 aliphatic rings. The third-order valence-corrected chi connectivity index (χ3v) is 7.15. The summed E-state index contributed by atoms with van der Waals surface area (Å²) in [6.07, 6.45) is -2.71. The molecule has 0 spiro atoms. The Morgan fingerprint density at radius 3 is 2.39 bits per heavy atom. The number of hydrogen-bond donors (Lipinski definition) is 0. The Hall–Kier alpha value is -3.86. The molecular weight excluding hydrogens is 535 g/mol. The number of nitrogens with zero attached hydrogens (tertiary/aromatic N) is 5. The Morgan fingerprint density at radius 2 is 1.71 bits per heavy atom. The van der Waals surface area contributed by atoms with Crippen LogP contribution in [0.5, 0.6) is 5.75 Å². The van der Waals surface area contributed by atoms with E-state index < -0.39 is 11.9 Å². The number of halogens is 3. The van der Waals surface area contributed by atoms with Crippen molar-refractivity contribution in [2.24, 2.45) is 0 Å². The second-order valence-electron chi connectivity index (χ2n) is 10.4. The maximum Gasteiger partial charge on any atom is 0.435 e. The second-order valence-corrected chi connectivity index (χ2v) is 10.4. The van der Waals surface area contributed by atoms with Gasteiger partial charge in [0.2, 0.25) is 5.91 Å². The van der Waals surface area contributed by atoms with Gasteiger partial charge in [-0.1, -0.05) is 36.4 Å². The summed E-state index contributed by atoms with van der Waals surface area (Å²) in [6.45, 7) is 7.93. The first-order valence-electron chi connectivity index (χ1n) is 13.7. The van der Waals surface area contributed by atoms with Crippen LogP contribution in [0.15, 0.2) is 60.8 Å². The van der Waals surface area contributed by atoms with E-state index in [0.29, 0.717) is 38.3 Å². The molecule has 11 heteroatoms. The number of aromatic nitrogens is 2. The summed E-state index contributed by atoms with van der Waals surface area (Å²) >= 11 is 0. The zero-order valence-electron chi connectivity index (χ0n) is 23.6. The van der Waals surface area contributed by atoms with Crippen molar-refractivity contribution in [3.8, 4) is 5.75 Å². The number of para-hydroxylation sites is 2. The largest absolute Gasteiger partial charge is 0.484 e. The molecule has 2 amide bonds. The van der Waals surface area contributed by atoms with Gasteiger partial charge in [0.05, 0.1) is 5.69 Å². The molecule has 0 N–H and O–H groups in total. The molecule has 4 rings (SSSR count). The maximum atomic E-state index is 13.6. The van der Waals surface area contributed by atoms with Gasteiger partial charge in [-0.15, -0.1) is 0 Å². The summed E-state index contributed by atoms with van der Waals surface area (Å²) in [5.74, 6) is 0.0372. The summed E-state index contributed by atoms with van der Waals surface area (Å²) in [7, 11) is 0. The molecule has 2 heterocycles. The molecule has 1 aliphatic heterocycles. The first kappa shape index (κ1) is 30.1. The van der Waals surface area contributed by atoms with Crippen LogP contribution in [0.1, 0.15) is 37.1 Å². The van der Waals surface area contributed by atoms with E-state index in [2.05, 4.69) is 23.8 Å².